The van der Waals surface area contributed by atoms with Gasteiger partial charge in [0.05, 0.1) is 11.7 Å². The fourth-order valence-electron chi connectivity index (χ4n) is 3.36. The molecule has 1 aliphatic heterocycles. The number of nitrogens with zero attached hydrogens (tertiary/aromatic N) is 3. The van der Waals surface area contributed by atoms with Crippen molar-refractivity contribution >= 4 is 23.2 Å². The van der Waals surface area contributed by atoms with Gasteiger partial charge < -0.3 is 16.0 Å². The quantitative estimate of drug-likeness (QED) is 0.711. The van der Waals surface area contributed by atoms with Crippen molar-refractivity contribution in [1.29, 1.82) is 0 Å². The Hall–Kier alpha value is -2.74. The number of hydrogen-bond acceptors (Lipinski definition) is 5. The van der Waals surface area contributed by atoms with Gasteiger partial charge in [-0.15, -0.1) is 5.10 Å². The first-order valence-corrected chi connectivity index (χ1v) is 9.78. The summed E-state index contributed by atoms with van der Waals surface area (Å²) in [4.78, 5) is 24.4. The third-order valence-corrected chi connectivity index (χ3v) is 4.82. The fraction of sp³-hybridized carbons (Fsp3) is 0.500. The van der Waals surface area contributed by atoms with Crippen LogP contribution in [0.1, 0.15) is 55.3 Å². The van der Waals surface area contributed by atoms with Crippen molar-refractivity contribution in [1.82, 2.24) is 20.3 Å². The summed E-state index contributed by atoms with van der Waals surface area (Å²) in [7, 11) is 0. The van der Waals surface area contributed by atoms with E-state index >= 15 is 0 Å². The highest BCUT2D eigenvalue weighted by Gasteiger charge is 2.23. The van der Waals surface area contributed by atoms with Crippen molar-refractivity contribution in [3.8, 4) is 0 Å². The molecule has 8 nitrogen and oxygen atoms in total. The first kappa shape index (κ1) is 20.0. The first-order valence-electron chi connectivity index (χ1n) is 9.78. The van der Waals surface area contributed by atoms with E-state index in [1.807, 2.05) is 25.5 Å². The summed E-state index contributed by atoms with van der Waals surface area (Å²) in [6.45, 7) is 7.78. The molecule has 1 aromatic heterocycles. The highest BCUT2D eigenvalue weighted by molar-refractivity contribution is 6.03. The third kappa shape index (κ3) is 4.95. The summed E-state index contributed by atoms with van der Waals surface area (Å²) in [5.41, 5.74) is 2.47. The number of carbonyl (C=O) groups excluding carboxylic acids is 2. The van der Waals surface area contributed by atoms with E-state index in [1.54, 1.807) is 24.3 Å². The van der Waals surface area contributed by atoms with Crippen molar-refractivity contribution in [2.45, 2.75) is 46.1 Å². The van der Waals surface area contributed by atoms with Crippen LogP contribution in [-0.2, 0) is 4.79 Å². The fourth-order valence-corrected chi connectivity index (χ4v) is 3.36. The Labute approximate surface area is 165 Å². The number of carbonyl (C=O) groups is 2. The molecule has 28 heavy (non-hydrogen) atoms. The lowest BCUT2D eigenvalue weighted by atomic mass is 10.1. The predicted molar refractivity (Wildman–Crippen MR) is 108 cm³/mol. The van der Waals surface area contributed by atoms with Crippen LogP contribution in [0, 0.1) is 12.8 Å². The molecule has 3 N–H and O–H groups in total. The molecule has 1 aliphatic rings. The van der Waals surface area contributed by atoms with Crippen LogP contribution in [0.25, 0.3) is 0 Å². The number of benzene rings is 1. The largest absolute Gasteiger partial charge is 0.326 e. The maximum Gasteiger partial charge on any atom is 0.278 e. The zero-order valence-corrected chi connectivity index (χ0v) is 16.7. The molecule has 0 saturated carbocycles. The molecule has 0 atom stereocenters. The van der Waals surface area contributed by atoms with Crippen LogP contribution in [0.3, 0.4) is 0 Å². The van der Waals surface area contributed by atoms with Crippen LogP contribution < -0.4 is 16.0 Å². The SMILES string of the molecule is Cc1c(C(=O)Nc2ccc(NC(=O)CC(C)C)cc2)nnn1C1CCNCC1. The van der Waals surface area contributed by atoms with Crippen LogP contribution >= 0.6 is 0 Å². The smallest absolute Gasteiger partial charge is 0.278 e. The Kier molecular flexibility index (Phi) is 6.41. The highest BCUT2D eigenvalue weighted by atomic mass is 16.2. The van der Waals surface area contributed by atoms with Crippen molar-refractivity contribution in [2.75, 3.05) is 23.7 Å². The Morgan fingerprint density at radius 2 is 1.75 bits per heavy atom. The molecule has 2 aromatic rings. The number of rotatable bonds is 6. The maximum atomic E-state index is 12.6. The second-order valence-electron chi connectivity index (χ2n) is 7.63. The molecular formula is C20H28N6O2. The predicted octanol–water partition coefficient (Wildman–Crippen LogP) is 2.75. The zero-order valence-electron chi connectivity index (χ0n) is 16.7. The topological polar surface area (TPSA) is 101 Å². The first-order chi connectivity index (χ1) is 13.4. The van der Waals surface area contributed by atoms with Crippen LogP contribution in [0.4, 0.5) is 11.4 Å². The van der Waals surface area contributed by atoms with Crippen LogP contribution in [0.15, 0.2) is 24.3 Å². The van der Waals surface area contributed by atoms with E-state index in [0.29, 0.717) is 29.4 Å². The zero-order chi connectivity index (χ0) is 20.1. The van der Waals surface area contributed by atoms with Crippen molar-refractivity contribution in [3.63, 3.8) is 0 Å². The Bertz CT molecular complexity index is 822. The van der Waals surface area contributed by atoms with Gasteiger partial charge >= 0.3 is 0 Å². The van der Waals surface area contributed by atoms with E-state index in [9.17, 15) is 9.59 Å². The molecule has 1 aromatic carbocycles. The van der Waals surface area contributed by atoms with Crippen molar-refractivity contribution < 1.29 is 9.59 Å². The summed E-state index contributed by atoms with van der Waals surface area (Å²) in [6, 6.07) is 7.34. The van der Waals surface area contributed by atoms with Gasteiger partial charge in [-0.2, -0.15) is 0 Å². The third-order valence-electron chi connectivity index (χ3n) is 4.82. The van der Waals surface area contributed by atoms with E-state index in [1.165, 1.54) is 0 Å². The van der Waals surface area contributed by atoms with Gasteiger partial charge in [0, 0.05) is 17.8 Å². The molecule has 2 heterocycles. The lowest BCUT2D eigenvalue weighted by Gasteiger charge is -2.23. The van der Waals surface area contributed by atoms with Crippen LogP contribution in [0.5, 0.6) is 0 Å². The standard InChI is InChI=1S/C20H28N6O2/c1-13(2)12-18(27)22-15-4-6-16(7-5-15)23-20(28)19-14(3)26(25-24-19)17-8-10-21-11-9-17/h4-7,13,17,21H,8-12H2,1-3H3,(H,22,27)(H,23,28). The number of aromatic nitrogens is 3. The van der Waals surface area contributed by atoms with Gasteiger partial charge in [0.2, 0.25) is 5.91 Å². The van der Waals surface area contributed by atoms with Crippen LogP contribution in [0.2, 0.25) is 0 Å². The van der Waals surface area contributed by atoms with Crippen molar-refractivity contribution in [3.05, 3.63) is 35.7 Å². The molecule has 1 fully saturated rings. The number of piperidine rings is 1. The molecule has 0 unspecified atom stereocenters. The number of hydrogen-bond donors (Lipinski definition) is 3. The molecular weight excluding hydrogens is 356 g/mol. The normalized spacial score (nSPS) is 14.9. The average Bonchev–Trinajstić information content (AvgIpc) is 3.05. The summed E-state index contributed by atoms with van der Waals surface area (Å²) in [6.07, 6.45) is 2.44. The van der Waals surface area contributed by atoms with Gasteiger partial charge in [0.15, 0.2) is 5.69 Å². The number of nitrogens with one attached hydrogen (secondary N) is 3. The van der Waals surface area contributed by atoms with E-state index in [2.05, 4.69) is 26.3 Å². The monoisotopic (exact) mass is 384 g/mol. The second kappa shape index (κ2) is 8.97. The molecule has 2 amide bonds. The Balaban J connectivity index is 1.62. The van der Waals surface area contributed by atoms with Gasteiger partial charge in [-0.05, 0) is 63.0 Å². The lowest BCUT2D eigenvalue weighted by Crippen LogP contribution is -2.30. The maximum absolute atomic E-state index is 12.6. The van der Waals surface area contributed by atoms with Gasteiger partial charge in [-0.3, -0.25) is 9.59 Å². The minimum absolute atomic E-state index is 0.0167. The van der Waals surface area contributed by atoms with E-state index in [-0.39, 0.29) is 17.9 Å². The van der Waals surface area contributed by atoms with Crippen LogP contribution in [-0.4, -0.2) is 39.9 Å². The molecule has 0 spiro atoms. The van der Waals surface area contributed by atoms with E-state index in [0.717, 1.165) is 31.6 Å². The van der Waals surface area contributed by atoms with E-state index < -0.39 is 0 Å². The van der Waals surface area contributed by atoms with Gasteiger partial charge in [-0.1, -0.05) is 19.1 Å². The van der Waals surface area contributed by atoms with Gasteiger partial charge in [-0.25, -0.2) is 4.68 Å². The molecule has 3 rings (SSSR count). The highest BCUT2D eigenvalue weighted by Crippen LogP contribution is 2.21. The average molecular weight is 384 g/mol. The molecule has 0 bridgehead atoms. The number of anilines is 2. The van der Waals surface area contributed by atoms with Gasteiger partial charge in [0.1, 0.15) is 0 Å². The molecule has 0 aliphatic carbocycles. The molecule has 0 radical (unpaired) electrons. The lowest BCUT2D eigenvalue weighted by molar-refractivity contribution is -0.116. The molecule has 150 valence electrons. The molecule has 8 heteroatoms. The number of amides is 2. The summed E-state index contributed by atoms with van der Waals surface area (Å²) in [5.74, 6) is 0.00584. The minimum Gasteiger partial charge on any atom is -0.326 e. The summed E-state index contributed by atoms with van der Waals surface area (Å²) >= 11 is 0. The van der Waals surface area contributed by atoms with Gasteiger partial charge in [0.25, 0.3) is 5.91 Å². The van der Waals surface area contributed by atoms with Crippen molar-refractivity contribution in [2.24, 2.45) is 5.92 Å². The summed E-state index contributed by atoms with van der Waals surface area (Å²) < 4.78 is 1.86. The Morgan fingerprint density at radius 1 is 1.14 bits per heavy atom. The Morgan fingerprint density at radius 3 is 2.36 bits per heavy atom. The second-order valence-corrected chi connectivity index (χ2v) is 7.63. The van der Waals surface area contributed by atoms with E-state index in [4.69, 9.17) is 0 Å². The minimum atomic E-state index is -0.283. The molecule has 1 saturated heterocycles. The summed E-state index contributed by atoms with van der Waals surface area (Å²) in [5, 5.41) is 17.3.